The van der Waals surface area contributed by atoms with Crippen LogP contribution in [0.2, 0.25) is 0 Å². The Balaban J connectivity index is 6.68. The Kier molecular flexibility index (Phi) is 34.9. The first kappa shape index (κ1) is 80.8. The quantitative estimate of drug-likeness (QED) is 0.0414. The van der Waals surface area contributed by atoms with E-state index in [2.05, 4.69) is 21.3 Å². The number of aliphatic hydroxyl groups excluding tert-OH is 2. The van der Waals surface area contributed by atoms with Gasteiger partial charge >= 0.3 is 5.97 Å². The molecule has 0 rings (SSSR count). The Labute approximate surface area is 519 Å². The Hall–Kier alpha value is -6.21. The average Bonchev–Trinajstić information content (AvgIpc) is 1.11. The minimum Gasteiger partial charge on any atom is -0.480 e. The molecule has 25 heteroatoms. The number of hydrogen-bond acceptors (Lipinski definition) is 14. The number of amides is 10. The lowest BCUT2D eigenvalue weighted by molar-refractivity contribution is -0.160. The molecule has 9 N–H and O–H groups in total. The monoisotopic (exact) mass is 1240 g/mol. The molecule has 0 aliphatic rings. The Morgan fingerprint density at radius 2 is 0.816 bits per heavy atom. The molecular formula is C62H113N11O14. The lowest BCUT2D eigenvalue weighted by Gasteiger charge is -2.39. The van der Waals surface area contributed by atoms with Crippen molar-refractivity contribution in [3.8, 4) is 0 Å². The van der Waals surface area contributed by atoms with Crippen LogP contribution in [-0.2, 0) is 52.7 Å². The number of rotatable bonds is 37. The molecule has 0 fully saturated rings. The van der Waals surface area contributed by atoms with Crippen molar-refractivity contribution >= 4 is 65.0 Å². The van der Waals surface area contributed by atoms with Crippen molar-refractivity contribution in [3.63, 3.8) is 0 Å². The molecule has 13 atom stereocenters. The van der Waals surface area contributed by atoms with Gasteiger partial charge in [-0.15, -0.1) is 0 Å². The van der Waals surface area contributed by atoms with E-state index in [0.717, 1.165) is 9.80 Å². The van der Waals surface area contributed by atoms with Gasteiger partial charge in [0, 0.05) is 42.3 Å². The van der Waals surface area contributed by atoms with Crippen LogP contribution in [0.4, 0.5) is 0 Å². The normalized spacial score (nSPS) is 16.3. The molecule has 0 bridgehead atoms. The highest BCUT2D eigenvalue weighted by molar-refractivity contribution is 5.98. The molecule has 0 aliphatic heterocycles. The summed E-state index contributed by atoms with van der Waals surface area (Å²) in [5.41, 5.74) is 5.81. The fourth-order valence-electron chi connectivity index (χ4n) is 10.2. The van der Waals surface area contributed by atoms with Gasteiger partial charge in [-0.2, -0.15) is 0 Å². The molecule has 0 spiro atoms. The van der Waals surface area contributed by atoms with Crippen molar-refractivity contribution in [2.24, 2.45) is 47.2 Å². The molecule has 0 aromatic heterocycles. The smallest absolute Gasteiger partial charge is 0.329 e. The topological polar surface area (TPSA) is 342 Å². The number of hydrogen-bond donors (Lipinski definition) is 8. The van der Waals surface area contributed by atoms with E-state index in [9.17, 15) is 68.1 Å². The van der Waals surface area contributed by atoms with Crippen molar-refractivity contribution < 1.29 is 68.1 Å². The number of nitrogens with two attached hydrogens (primary N) is 1. The van der Waals surface area contributed by atoms with E-state index in [1.54, 1.807) is 39.8 Å². The molecule has 0 unspecified atom stereocenters. The third-order valence-electron chi connectivity index (χ3n) is 15.5. The van der Waals surface area contributed by atoms with Crippen LogP contribution < -0.4 is 27.0 Å². The summed E-state index contributed by atoms with van der Waals surface area (Å²) in [6, 6.07) is -12.4. The summed E-state index contributed by atoms with van der Waals surface area (Å²) in [5.74, 6) is -9.89. The molecule has 500 valence electrons. The van der Waals surface area contributed by atoms with Gasteiger partial charge in [0.2, 0.25) is 59.1 Å². The number of nitrogens with zero attached hydrogens (tertiary/aromatic N) is 6. The van der Waals surface area contributed by atoms with Crippen molar-refractivity contribution in [1.29, 1.82) is 0 Å². The van der Waals surface area contributed by atoms with Crippen LogP contribution in [0.1, 0.15) is 156 Å². The second-order valence-corrected chi connectivity index (χ2v) is 26.3. The molecule has 0 aromatic carbocycles. The van der Waals surface area contributed by atoms with Gasteiger partial charge in [0.25, 0.3) is 0 Å². The lowest BCUT2D eigenvalue weighted by Crippen LogP contribution is -2.61. The summed E-state index contributed by atoms with van der Waals surface area (Å²) in [5, 5.41) is 42.2. The number of carbonyl (C=O) groups excluding carboxylic acids is 10. The third kappa shape index (κ3) is 25.4. The lowest BCUT2D eigenvalue weighted by atomic mass is 9.92. The van der Waals surface area contributed by atoms with E-state index in [0.29, 0.717) is 6.42 Å². The summed E-state index contributed by atoms with van der Waals surface area (Å²) >= 11 is 0. The van der Waals surface area contributed by atoms with Crippen LogP contribution in [0.3, 0.4) is 0 Å². The van der Waals surface area contributed by atoms with Gasteiger partial charge in [-0.25, -0.2) is 4.79 Å². The summed E-state index contributed by atoms with van der Waals surface area (Å²) in [4.78, 5) is 160. The van der Waals surface area contributed by atoms with E-state index in [1.807, 2.05) is 69.2 Å². The molecule has 0 heterocycles. The Bertz CT molecular complexity index is 2330. The molecule has 25 nitrogen and oxygen atoms in total. The number of allylic oxidation sites excluding steroid dienone is 2. The van der Waals surface area contributed by atoms with Crippen molar-refractivity contribution in [3.05, 3.63) is 12.2 Å². The summed E-state index contributed by atoms with van der Waals surface area (Å²) in [6.07, 6.45) is 2.04. The zero-order chi connectivity index (χ0) is 68.0. The van der Waals surface area contributed by atoms with Gasteiger partial charge in [0.1, 0.15) is 54.4 Å². The van der Waals surface area contributed by atoms with E-state index >= 15 is 0 Å². The summed E-state index contributed by atoms with van der Waals surface area (Å²) in [7, 11) is 8.26. The van der Waals surface area contributed by atoms with Crippen LogP contribution in [0.15, 0.2) is 12.2 Å². The first-order valence-corrected chi connectivity index (χ1v) is 30.7. The highest BCUT2D eigenvalue weighted by Crippen LogP contribution is 2.23. The van der Waals surface area contributed by atoms with Gasteiger partial charge in [-0.05, 0) is 108 Å². The van der Waals surface area contributed by atoms with Crippen molar-refractivity contribution in [2.75, 3.05) is 48.8 Å². The molecule has 0 radical (unpaired) electrons. The van der Waals surface area contributed by atoms with Crippen LogP contribution >= 0.6 is 0 Å². The zero-order valence-corrected chi connectivity index (χ0v) is 56.7. The van der Waals surface area contributed by atoms with Crippen LogP contribution in [0.25, 0.3) is 0 Å². The molecule has 0 aliphatic carbocycles. The third-order valence-corrected chi connectivity index (χ3v) is 15.5. The van der Waals surface area contributed by atoms with Crippen LogP contribution in [-0.4, -0.2) is 231 Å². The predicted molar refractivity (Wildman–Crippen MR) is 334 cm³/mol. The molecular weight excluding hydrogens is 1120 g/mol. The zero-order valence-electron chi connectivity index (χ0n) is 56.7. The number of nitrogens with one attached hydrogen (secondary N) is 4. The SMILES string of the molecule is C/C=C/C[C@@H](C)[C@@H](O)[C@@H](C(=O)O)N(C)C(=O)[C@H](C(C)C)N(C)C(=O)[C@H](CC(C)C)NC(=O)[C@H](CC(C)C)N(C)C(=O)[C@@H](C)NC(=O)[C@H](C)NC(=O)[C@H](CC(C)C)N(C)C(=O)[C@H](CC(C)C)NC(=O)[C@H](CC(C)C)N(C)C(=O)CN(C)C(=O)[C@@H](N)[C@@H](C)O. The van der Waals surface area contributed by atoms with E-state index < -0.39 is 156 Å². The van der Waals surface area contributed by atoms with Crippen molar-refractivity contribution in [2.45, 2.75) is 229 Å². The standard InChI is InChI=1S/C62H113N11O14/c1-24-25-26-39(14)52(76)51(62(86)87)73(23)61(85)50(38(12)13)72(22)59(83)44(28-34(4)5)67-56(80)47(31-37(10)11)70(20)57(81)41(16)65-53(77)40(15)64-54(78)46(30-36(8)9)71(21)58(82)43(27-33(2)3)66-55(79)45(29-35(6)7)69(19)48(75)32-68(18)60(84)49(63)42(17)74/h24-25,33-47,49-52,74,76H,26-32,63H2,1-23H3,(H,64,78)(H,65,77)(H,66,79)(H,67,80)(H,86,87)/b25-24+/t39-,40+,41-,42-,43+,44+,45+,46+,47+,49+,50+,51+,52-/m1/s1. The minimum absolute atomic E-state index is 0.0946. The molecule has 0 saturated carbocycles. The predicted octanol–water partition coefficient (Wildman–Crippen LogP) is 2.20. The van der Waals surface area contributed by atoms with E-state index in [4.69, 9.17) is 5.73 Å². The largest absolute Gasteiger partial charge is 0.480 e. The van der Waals surface area contributed by atoms with Crippen LogP contribution in [0, 0.1) is 41.4 Å². The van der Waals surface area contributed by atoms with Gasteiger partial charge in [0.15, 0.2) is 6.04 Å². The molecule has 0 saturated heterocycles. The maximum atomic E-state index is 14.5. The number of carbonyl (C=O) groups is 11. The maximum absolute atomic E-state index is 14.5. The van der Waals surface area contributed by atoms with Crippen molar-refractivity contribution in [1.82, 2.24) is 50.7 Å². The minimum atomic E-state index is -1.63. The fraction of sp³-hybridized carbons (Fsp3) is 0.790. The van der Waals surface area contributed by atoms with Gasteiger partial charge in [0.05, 0.1) is 18.8 Å². The summed E-state index contributed by atoms with van der Waals surface area (Å²) in [6.45, 7) is 29.1. The number of carboxylic acid groups (broad SMARTS) is 1. The average molecular weight is 1240 g/mol. The molecule has 0 aromatic rings. The second-order valence-electron chi connectivity index (χ2n) is 26.3. The first-order chi connectivity index (χ1) is 40.0. The first-order valence-electron chi connectivity index (χ1n) is 30.7. The molecule has 10 amide bonds. The van der Waals surface area contributed by atoms with Crippen LogP contribution in [0.5, 0.6) is 0 Å². The Morgan fingerprint density at radius 3 is 1.20 bits per heavy atom. The van der Waals surface area contributed by atoms with Gasteiger partial charge in [-0.1, -0.05) is 102 Å². The highest BCUT2D eigenvalue weighted by atomic mass is 16.4. The van der Waals surface area contributed by atoms with Gasteiger partial charge in [-0.3, -0.25) is 47.9 Å². The number of aliphatic carboxylic acids is 1. The van der Waals surface area contributed by atoms with E-state index in [-0.39, 0.29) is 61.7 Å². The molecule has 87 heavy (non-hydrogen) atoms. The number of carboxylic acids is 1. The highest BCUT2D eigenvalue weighted by Gasteiger charge is 2.44. The number of aliphatic hydroxyl groups is 2. The fourth-order valence-corrected chi connectivity index (χ4v) is 10.2. The number of likely N-dealkylation sites (N-methyl/N-ethyl adjacent to an activating group) is 6. The van der Waals surface area contributed by atoms with Gasteiger partial charge < -0.3 is 71.7 Å². The maximum Gasteiger partial charge on any atom is 0.329 e. The Morgan fingerprint density at radius 1 is 0.448 bits per heavy atom. The second kappa shape index (κ2) is 37.6. The summed E-state index contributed by atoms with van der Waals surface area (Å²) < 4.78 is 0. The van der Waals surface area contributed by atoms with E-state index in [1.165, 1.54) is 82.7 Å².